The maximum Gasteiger partial charge on any atom is 0.248 e. The summed E-state index contributed by atoms with van der Waals surface area (Å²) in [7, 11) is 0. The lowest BCUT2D eigenvalue weighted by Gasteiger charge is -2.37. The van der Waals surface area contributed by atoms with E-state index in [1.807, 2.05) is 31.2 Å². The summed E-state index contributed by atoms with van der Waals surface area (Å²) in [6.45, 7) is 3.19. The highest BCUT2D eigenvalue weighted by Crippen LogP contribution is 2.32. The van der Waals surface area contributed by atoms with Gasteiger partial charge in [0.25, 0.3) is 0 Å². The number of aryl methyl sites for hydroxylation is 1. The van der Waals surface area contributed by atoms with Crippen molar-refractivity contribution < 1.29 is 18.7 Å². The summed E-state index contributed by atoms with van der Waals surface area (Å²) in [5.41, 5.74) is 1.96. The molecule has 2 aromatic rings. The summed E-state index contributed by atoms with van der Waals surface area (Å²) in [5.74, 6) is -1.02. The zero-order valence-corrected chi connectivity index (χ0v) is 20.3. The number of nitrogens with zero attached hydrogens (tertiary/aromatic N) is 1. The van der Waals surface area contributed by atoms with Gasteiger partial charge >= 0.3 is 0 Å². The van der Waals surface area contributed by atoms with Crippen LogP contribution in [0.15, 0.2) is 48.5 Å². The fourth-order valence-electron chi connectivity index (χ4n) is 4.74. The van der Waals surface area contributed by atoms with Crippen molar-refractivity contribution in [3.05, 3.63) is 65.5 Å². The van der Waals surface area contributed by atoms with Crippen molar-refractivity contribution in [1.82, 2.24) is 10.6 Å². The van der Waals surface area contributed by atoms with Crippen molar-refractivity contribution in [2.75, 3.05) is 24.7 Å². The molecular weight excluding hydrogens is 457 g/mol. The first-order valence-electron chi connectivity index (χ1n) is 11.8. The Hall–Kier alpha value is -2.48. The third kappa shape index (κ3) is 6.14. The lowest BCUT2D eigenvalue weighted by atomic mass is 9.93. The molecule has 0 radical (unpaired) electrons. The predicted molar refractivity (Wildman–Crippen MR) is 133 cm³/mol. The largest absolute Gasteiger partial charge is 0.378 e. The molecule has 1 heterocycles. The second-order valence-corrected chi connectivity index (χ2v) is 8.87. The van der Waals surface area contributed by atoms with E-state index in [2.05, 4.69) is 10.6 Å². The van der Waals surface area contributed by atoms with E-state index in [4.69, 9.17) is 4.74 Å². The molecule has 184 valence electrons. The van der Waals surface area contributed by atoms with E-state index in [0.717, 1.165) is 36.8 Å². The number of carbonyl (C=O) groups excluding carboxylic acids is 2. The van der Waals surface area contributed by atoms with Crippen molar-refractivity contribution in [2.24, 2.45) is 0 Å². The SMILES string of the molecule is Cc1ccccc1[C@@H](C(=O)NC1CCCCC1)N(C(=O)[C@@H]1COCCN1)c1cccc(F)c1.Cl. The summed E-state index contributed by atoms with van der Waals surface area (Å²) in [4.78, 5) is 29.1. The summed E-state index contributed by atoms with van der Waals surface area (Å²) in [6, 6.07) is 12.0. The molecule has 2 atom stereocenters. The second-order valence-electron chi connectivity index (χ2n) is 8.87. The van der Waals surface area contributed by atoms with Gasteiger partial charge in [-0.05, 0) is 49.1 Å². The highest BCUT2D eigenvalue weighted by atomic mass is 35.5. The van der Waals surface area contributed by atoms with Crippen molar-refractivity contribution >= 4 is 29.9 Å². The van der Waals surface area contributed by atoms with Crippen molar-refractivity contribution in [3.8, 4) is 0 Å². The first kappa shape index (κ1) is 26.1. The van der Waals surface area contributed by atoms with Crippen molar-refractivity contribution in [1.29, 1.82) is 0 Å². The molecular formula is C26H33ClFN3O3. The highest BCUT2D eigenvalue weighted by molar-refractivity contribution is 6.04. The maximum atomic E-state index is 14.3. The fraction of sp³-hybridized carbons (Fsp3) is 0.462. The van der Waals surface area contributed by atoms with Gasteiger partial charge in [-0.1, -0.05) is 49.6 Å². The lowest BCUT2D eigenvalue weighted by Crippen LogP contribution is -2.56. The molecule has 1 aliphatic carbocycles. The zero-order valence-electron chi connectivity index (χ0n) is 19.5. The minimum Gasteiger partial charge on any atom is -0.378 e. The van der Waals surface area contributed by atoms with Gasteiger partial charge in [0, 0.05) is 18.3 Å². The van der Waals surface area contributed by atoms with Gasteiger partial charge in [0.15, 0.2) is 0 Å². The van der Waals surface area contributed by atoms with E-state index in [0.29, 0.717) is 18.8 Å². The number of anilines is 1. The Kier molecular flexibility index (Phi) is 9.45. The number of halogens is 2. The minimum absolute atomic E-state index is 0. The van der Waals surface area contributed by atoms with Crippen LogP contribution in [0.2, 0.25) is 0 Å². The van der Waals surface area contributed by atoms with E-state index in [-0.39, 0.29) is 36.9 Å². The molecule has 2 N–H and O–H groups in total. The molecule has 4 rings (SSSR count). The first-order valence-corrected chi connectivity index (χ1v) is 11.8. The molecule has 1 saturated carbocycles. The Morgan fingerprint density at radius 1 is 1.12 bits per heavy atom. The van der Waals surface area contributed by atoms with Crippen LogP contribution < -0.4 is 15.5 Å². The van der Waals surface area contributed by atoms with Gasteiger partial charge < -0.3 is 15.4 Å². The first-order chi connectivity index (χ1) is 16.0. The number of hydrogen-bond acceptors (Lipinski definition) is 4. The third-order valence-corrected chi connectivity index (χ3v) is 6.48. The molecule has 2 aromatic carbocycles. The van der Waals surface area contributed by atoms with E-state index < -0.39 is 17.9 Å². The molecule has 2 amide bonds. The standard InChI is InChI=1S/C26H32FN3O3.ClH/c1-18-8-5-6-13-22(18)24(25(31)29-20-10-3-2-4-11-20)30(21-12-7-9-19(27)16-21)26(32)23-17-33-15-14-28-23;/h5-9,12-13,16,20,23-24,28H,2-4,10-11,14-15,17H2,1H3,(H,29,31);1H/t23-,24-;/m0./s1. The minimum atomic E-state index is -0.925. The van der Waals surface area contributed by atoms with E-state index in [1.54, 1.807) is 12.1 Å². The Bertz CT molecular complexity index is 977. The number of benzene rings is 2. The number of amides is 2. The van der Waals surface area contributed by atoms with Gasteiger partial charge in [-0.15, -0.1) is 12.4 Å². The number of carbonyl (C=O) groups is 2. The number of nitrogens with one attached hydrogen (secondary N) is 2. The molecule has 1 aliphatic heterocycles. The number of rotatable bonds is 6. The van der Waals surface area contributed by atoms with Crippen molar-refractivity contribution in [2.45, 2.75) is 57.2 Å². The molecule has 1 saturated heterocycles. The molecule has 0 aromatic heterocycles. The third-order valence-electron chi connectivity index (χ3n) is 6.48. The second kappa shape index (κ2) is 12.3. The van der Waals surface area contributed by atoms with Gasteiger partial charge in [-0.2, -0.15) is 0 Å². The Labute approximate surface area is 206 Å². The number of ether oxygens (including phenoxy) is 1. The molecule has 0 spiro atoms. The summed E-state index contributed by atoms with van der Waals surface area (Å²) in [6.07, 6.45) is 5.19. The van der Waals surface area contributed by atoms with Gasteiger partial charge in [-0.25, -0.2) is 4.39 Å². The van der Waals surface area contributed by atoms with Gasteiger partial charge in [0.2, 0.25) is 11.8 Å². The molecule has 2 aliphatic rings. The average molecular weight is 490 g/mol. The van der Waals surface area contributed by atoms with Crippen LogP contribution in [0, 0.1) is 12.7 Å². The van der Waals surface area contributed by atoms with Crippen LogP contribution in [0.4, 0.5) is 10.1 Å². The zero-order chi connectivity index (χ0) is 23.2. The molecule has 6 nitrogen and oxygen atoms in total. The van der Waals surface area contributed by atoms with Crippen LogP contribution in [-0.4, -0.2) is 43.7 Å². The Morgan fingerprint density at radius 2 is 1.88 bits per heavy atom. The normalized spacial score (nSPS) is 19.5. The van der Waals surface area contributed by atoms with Crippen LogP contribution in [0.25, 0.3) is 0 Å². The summed E-state index contributed by atoms with van der Waals surface area (Å²) in [5, 5.41) is 6.37. The predicted octanol–water partition coefficient (Wildman–Crippen LogP) is 4.07. The van der Waals surface area contributed by atoms with Gasteiger partial charge in [0.05, 0.1) is 13.2 Å². The number of morpholine rings is 1. The van der Waals surface area contributed by atoms with Gasteiger partial charge in [0.1, 0.15) is 17.9 Å². The average Bonchev–Trinajstić information content (AvgIpc) is 2.84. The van der Waals surface area contributed by atoms with Crippen LogP contribution >= 0.6 is 12.4 Å². The summed E-state index contributed by atoms with van der Waals surface area (Å²) < 4.78 is 19.8. The lowest BCUT2D eigenvalue weighted by molar-refractivity contribution is -0.129. The van der Waals surface area contributed by atoms with Crippen LogP contribution in [-0.2, 0) is 14.3 Å². The van der Waals surface area contributed by atoms with Crippen LogP contribution in [0.5, 0.6) is 0 Å². The highest BCUT2D eigenvalue weighted by Gasteiger charge is 2.38. The van der Waals surface area contributed by atoms with Gasteiger partial charge in [-0.3, -0.25) is 14.5 Å². The Balaban J connectivity index is 0.00000324. The summed E-state index contributed by atoms with van der Waals surface area (Å²) >= 11 is 0. The fourth-order valence-corrected chi connectivity index (χ4v) is 4.74. The van der Waals surface area contributed by atoms with E-state index >= 15 is 0 Å². The van der Waals surface area contributed by atoms with Crippen LogP contribution in [0.3, 0.4) is 0 Å². The Morgan fingerprint density at radius 3 is 2.56 bits per heavy atom. The quantitative estimate of drug-likeness (QED) is 0.641. The van der Waals surface area contributed by atoms with Crippen molar-refractivity contribution in [3.63, 3.8) is 0 Å². The topological polar surface area (TPSA) is 70.7 Å². The van der Waals surface area contributed by atoms with E-state index in [9.17, 15) is 14.0 Å². The molecule has 34 heavy (non-hydrogen) atoms. The smallest absolute Gasteiger partial charge is 0.248 e. The maximum absolute atomic E-state index is 14.3. The molecule has 0 unspecified atom stereocenters. The number of hydrogen-bond donors (Lipinski definition) is 2. The molecule has 0 bridgehead atoms. The van der Waals surface area contributed by atoms with Crippen LogP contribution in [0.1, 0.15) is 49.3 Å². The monoisotopic (exact) mass is 489 g/mol. The van der Waals surface area contributed by atoms with E-state index in [1.165, 1.54) is 23.5 Å². The molecule has 8 heteroatoms. The molecule has 2 fully saturated rings.